The number of benzene rings is 1. The third-order valence-corrected chi connectivity index (χ3v) is 5.28. The standard InChI is InChI=1S/C16H19N3O4S2/c1-9-5-6-12(7-10(9)2)23-11(3)14(21)17-15-18-19-16(25-15)24-8-13(20)22-4/h5-7,11H,8H2,1-4H3,(H,17,18,21). The van der Waals surface area contributed by atoms with E-state index in [9.17, 15) is 9.59 Å². The summed E-state index contributed by atoms with van der Waals surface area (Å²) >= 11 is 2.39. The molecule has 1 aromatic heterocycles. The first-order chi connectivity index (χ1) is 11.9. The molecule has 0 radical (unpaired) electrons. The first-order valence-electron chi connectivity index (χ1n) is 7.47. The maximum Gasteiger partial charge on any atom is 0.316 e. The second-order valence-electron chi connectivity index (χ2n) is 5.23. The average Bonchev–Trinajstić information content (AvgIpc) is 3.03. The van der Waals surface area contributed by atoms with E-state index >= 15 is 0 Å². The van der Waals surface area contributed by atoms with Crippen LogP contribution in [0.3, 0.4) is 0 Å². The van der Waals surface area contributed by atoms with E-state index in [-0.39, 0.29) is 17.6 Å². The number of hydrogen-bond donors (Lipinski definition) is 1. The van der Waals surface area contributed by atoms with Crippen LogP contribution in [0.1, 0.15) is 18.1 Å². The number of anilines is 1. The summed E-state index contributed by atoms with van der Waals surface area (Å²) in [6.45, 7) is 5.67. The van der Waals surface area contributed by atoms with Gasteiger partial charge in [0.15, 0.2) is 10.4 Å². The molecule has 2 rings (SSSR count). The normalized spacial score (nSPS) is 11.7. The van der Waals surface area contributed by atoms with Gasteiger partial charge in [-0.1, -0.05) is 29.2 Å². The highest BCUT2D eigenvalue weighted by atomic mass is 32.2. The molecule has 1 atom stereocenters. The molecule has 0 fully saturated rings. The van der Waals surface area contributed by atoms with Crippen LogP contribution in [0.5, 0.6) is 5.75 Å². The molecule has 0 saturated carbocycles. The zero-order valence-corrected chi connectivity index (χ0v) is 16.0. The van der Waals surface area contributed by atoms with Crippen LogP contribution in [0.25, 0.3) is 0 Å². The van der Waals surface area contributed by atoms with Gasteiger partial charge in [0.2, 0.25) is 5.13 Å². The topological polar surface area (TPSA) is 90.4 Å². The number of ether oxygens (including phenoxy) is 2. The Labute approximate surface area is 154 Å². The van der Waals surface area contributed by atoms with Crippen LogP contribution < -0.4 is 10.1 Å². The predicted molar refractivity (Wildman–Crippen MR) is 97.3 cm³/mol. The number of esters is 1. The Morgan fingerprint density at radius 1 is 1.28 bits per heavy atom. The van der Waals surface area contributed by atoms with E-state index in [1.807, 2.05) is 32.0 Å². The van der Waals surface area contributed by atoms with Gasteiger partial charge in [-0.3, -0.25) is 14.9 Å². The van der Waals surface area contributed by atoms with Crippen molar-refractivity contribution in [2.45, 2.75) is 31.2 Å². The number of nitrogens with zero attached hydrogens (tertiary/aromatic N) is 2. The molecule has 0 bridgehead atoms. The molecule has 1 heterocycles. The van der Waals surface area contributed by atoms with Crippen molar-refractivity contribution >= 4 is 40.1 Å². The number of aromatic nitrogens is 2. The molecule has 0 aliphatic rings. The summed E-state index contributed by atoms with van der Waals surface area (Å²) in [7, 11) is 1.32. The van der Waals surface area contributed by atoms with Gasteiger partial charge in [0.25, 0.3) is 5.91 Å². The fraction of sp³-hybridized carbons (Fsp3) is 0.375. The quantitative estimate of drug-likeness (QED) is 0.448. The summed E-state index contributed by atoms with van der Waals surface area (Å²) in [4.78, 5) is 23.3. The fourth-order valence-corrected chi connectivity index (χ4v) is 3.34. The van der Waals surface area contributed by atoms with Gasteiger partial charge in [0, 0.05) is 0 Å². The van der Waals surface area contributed by atoms with Crippen LogP contribution in [-0.2, 0) is 14.3 Å². The summed E-state index contributed by atoms with van der Waals surface area (Å²) in [5.41, 5.74) is 2.26. The number of thioether (sulfide) groups is 1. The molecular formula is C16H19N3O4S2. The Morgan fingerprint density at radius 2 is 2.04 bits per heavy atom. The number of aryl methyl sites for hydroxylation is 2. The predicted octanol–water partition coefficient (Wildman–Crippen LogP) is 2.83. The van der Waals surface area contributed by atoms with Crippen LogP contribution in [0, 0.1) is 13.8 Å². The van der Waals surface area contributed by atoms with Crippen molar-refractivity contribution in [3.8, 4) is 5.75 Å². The van der Waals surface area contributed by atoms with E-state index in [0.717, 1.165) is 11.1 Å². The maximum atomic E-state index is 12.2. The van der Waals surface area contributed by atoms with Crippen LogP contribution >= 0.6 is 23.1 Å². The summed E-state index contributed by atoms with van der Waals surface area (Å²) in [5.74, 6) is 0.114. The number of carbonyl (C=O) groups excluding carboxylic acids is 2. The molecule has 7 nitrogen and oxygen atoms in total. The zero-order chi connectivity index (χ0) is 18.4. The summed E-state index contributed by atoms with van der Waals surface area (Å²) in [6.07, 6.45) is -0.683. The fourth-order valence-electron chi connectivity index (χ4n) is 1.75. The number of carbonyl (C=O) groups is 2. The van der Waals surface area contributed by atoms with Crippen molar-refractivity contribution in [1.29, 1.82) is 0 Å². The highest BCUT2D eigenvalue weighted by Crippen LogP contribution is 2.25. The third kappa shape index (κ3) is 5.71. The van der Waals surface area contributed by atoms with Crippen molar-refractivity contribution in [2.24, 2.45) is 0 Å². The van der Waals surface area contributed by atoms with Crippen molar-refractivity contribution in [3.63, 3.8) is 0 Å². The number of methoxy groups -OCH3 is 1. The molecule has 1 unspecified atom stereocenters. The number of hydrogen-bond acceptors (Lipinski definition) is 8. The van der Waals surface area contributed by atoms with Crippen LogP contribution in [0.15, 0.2) is 22.5 Å². The lowest BCUT2D eigenvalue weighted by molar-refractivity contribution is -0.137. The minimum Gasteiger partial charge on any atom is -0.481 e. The van der Waals surface area contributed by atoms with E-state index in [1.54, 1.807) is 6.92 Å². The van der Waals surface area contributed by atoms with Crippen molar-refractivity contribution < 1.29 is 19.1 Å². The SMILES string of the molecule is COC(=O)CSc1nnc(NC(=O)C(C)Oc2ccc(C)c(C)c2)s1. The maximum absolute atomic E-state index is 12.2. The van der Waals surface area contributed by atoms with Gasteiger partial charge in [0.05, 0.1) is 12.9 Å². The van der Waals surface area contributed by atoms with Gasteiger partial charge >= 0.3 is 5.97 Å². The Bertz CT molecular complexity index is 764. The zero-order valence-electron chi connectivity index (χ0n) is 14.4. The smallest absolute Gasteiger partial charge is 0.316 e. The Kier molecular flexibility index (Phi) is 6.77. The van der Waals surface area contributed by atoms with E-state index in [4.69, 9.17) is 4.74 Å². The minimum absolute atomic E-state index is 0.144. The molecular weight excluding hydrogens is 362 g/mol. The first-order valence-corrected chi connectivity index (χ1v) is 9.27. The van der Waals surface area contributed by atoms with Gasteiger partial charge in [-0.05, 0) is 44.0 Å². The molecule has 1 amide bonds. The highest BCUT2D eigenvalue weighted by Gasteiger charge is 2.17. The van der Waals surface area contributed by atoms with Gasteiger partial charge in [0.1, 0.15) is 5.75 Å². The minimum atomic E-state index is -0.683. The first kappa shape index (κ1) is 19.2. The summed E-state index contributed by atoms with van der Waals surface area (Å²) < 4.78 is 10.8. The van der Waals surface area contributed by atoms with Gasteiger partial charge < -0.3 is 9.47 Å². The van der Waals surface area contributed by atoms with E-state index < -0.39 is 6.10 Å². The number of rotatable bonds is 7. The Morgan fingerprint density at radius 3 is 2.72 bits per heavy atom. The molecule has 0 aliphatic carbocycles. The molecule has 134 valence electrons. The van der Waals surface area contributed by atoms with Crippen LogP contribution in [0.2, 0.25) is 0 Å². The second kappa shape index (κ2) is 8.82. The van der Waals surface area contributed by atoms with Gasteiger partial charge in [-0.2, -0.15) is 0 Å². The highest BCUT2D eigenvalue weighted by molar-refractivity contribution is 8.01. The van der Waals surface area contributed by atoms with Crippen LogP contribution in [0.4, 0.5) is 5.13 Å². The van der Waals surface area contributed by atoms with E-state index in [1.165, 1.54) is 30.2 Å². The van der Waals surface area contributed by atoms with Crippen molar-refractivity contribution in [1.82, 2.24) is 10.2 Å². The summed E-state index contributed by atoms with van der Waals surface area (Å²) in [5, 5.41) is 10.8. The lowest BCUT2D eigenvalue weighted by Crippen LogP contribution is -2.30. The molecule has 9 heteroatoms. The van der Waals surface area contributed by atoms with Crippen molar-refractivity contribution in [3.05, 3.63) is 29.3 Å². The van der Waals surface area contributed by atoms with Crippen LogP contribution in [-0.4, -0.2) is 41.0 Å². The molecule has 2 aromatic rings. The molecule has 25 heavy (non-hydrogen) atoms. The molecule has 0 saturated heterocycles. The number of nitrogens with one attached hydrogen (secondary N) is 1. The lowest BCUT2D eigenvalue weighted by atomic mass is 10.1. The molecule has 0 aliphatic heterocycles. The average molecular weight is 381 g/mol. The van der Waals surface area contributed by atoms with E-state index in [2.05, 4.69) is 20.3 Å². The second-order valence-corrected chi connectivity index (χ2v) is 7.43. The number of amides is 1. The van der Waals surface area contributed by atoms with Gasteiger partial charge in [-0.25, -0.2) is 0 Å². The summed E-state index contributed by atoms with van der Waals surface area (Å²) in [6, 6.07) is 5.68. The Balaban J connectivity index is 1.89. The van der Waals surface area contributed by atoms with E-state index in [0.29, 0.717) is 15.2 Å². The largest absolute Gasteiger partial charge is 0.481 e. The van der Waals surface area contributed by atoms with Gasteiger partial charge in [-0.15, -0.1) is 10.2 Å². The Hall–Kier alpha value is -2.13. The third-order valence-electron chi connectivity index (χ3n) is 3.34. The van der Waals surface area contributed by atoms with Crippen molar-refractivity contribution in [2.75, 3.05) is 18.2 Å². The lowest BCUT2D eigenvalue weighted by Gasteiger charge is -2.14. The molecule has 1 aromatic carbocycles. The molecule has 1 N–H and O–H groups in total. The monoisotopic (exact) mass is 381 g/mol. The molecule has 0 spiro atoms.